The second kappa shape index (κ2) is 8.40. The van der Waals surface area contributed by atoms with Gasteiger partial charge in [0.1, 0.15) is 11.8 Å². The minimum Gasteiger partial charge on any atom is -0.490 e. The number of nitrogens with zero attached hydrogens (tertiary/aromatic N) is 3. The van der Waals surface area contributed by atoms with Gasteiger partial charge in [-0.25, -0.2) is 0 Å². The van der Waals surface area contributed by atoms with E-state index in [0.717, 1.165) is 30.8 Å². The van der Waals surface area contributed by atoms with Crippen molar-refractivity contribution in [2.24, 2.45) is 0 Å². The fourth-order valence-electron chi connectivity index (χ4n) is 4.56. The first-order valence-corrected chi connectivity index (χ1v) is 11.4. The number of benzene rings is 2. The van der Waals surface area contributed by atoms with Gasteiger partial charge in [-0.2, -0.15) is 10.2 Å². The maximum Gasteiger partial charge on any atom is 0.257 e. The van der Waals surface area contributed by atoms with Crippen LogP contribution in [0.15, 0.2) is 53.1 Å². The molecule has 2 fully saturated rings. The predicted molar refractivity (Wildman–Crippen MR) is 121 cm³/mol. The molecule has 2 aromatic carbocycles. The van der Waals surface area contributed by atoms with Crippen LogP contribution in [0.2, 0.25) is 0 Å². The molecule has 2 aliphatic rings. The topological polar surface area (TPSA) is 84.0 Å². The molecule has 0 spiro atoms. The van der Waals surface area contributed by atoms with E-state index in [1.807, 2.05) is 19.9 Å². The lowest BCUT2D eigenvalue weighted by atomic mass is 9.68. The Hall–Kier alpha value is -3.17. The average Bonchev–Trinajstić information content (AvgIpc) is 3.39. The van der Waals surface area contributed by atoms with Gasteiger partial charge < -0.3 is 14.6 Å². The Balaban J connectivity index is 1.29. The largest absolute Gasteiger partial charge is 0.490 e. The first-order chi connectivity index (χ1) is 15.6. The first-order valence-electron chi connectivity index (χ1n) is 11.4. The van der Waals surface area contributed by atoms with Crippen LogP contribution >= 0.6 is 0 Å². The summed E-state index contributed by atoms with van der Waals surface area (Å²) in [7, 11) is 0. The van der Waals surface area contributed by atoms with E-state index in [9.17, 15) is 5.26 Å². The maximum absolute atomic E-state index is 9.51. The van der Waals surface area contributed by atoms with E-state index in [1.54, 1.807) is 12.1 Å². The number of hydrogen-bond donors (Lipinski definition) is 1. The summed E-state index contributed by atoms with van der Waals surface area (Å²) in [6.45, 7) is 4.74. The van der Waals surface area contributed by atoms with E-state index in [1.165, 1.54) is 18.4 Å². The molecule has 3 aromatic rings. The second-order valence-corrected chi connectivity index (χ2v) is 9.29. The van der Waals surface area contributed by atoms with Crippen molar-refractivity contribution in [2.45, 2.75) is 63.0 Å². The molecule has 1 N–H and O–H groups in total. The highest BCUT2D eigenvalue weighted by Crippen LogP contribution is 2.45. The summed E-state index contributed by atoms with van der Waals surface area (Å²) in [5, 5.41) is 17.6. The van der Waals surface area contributed by atoms with Crippen molar-refractivity contribution in [1.82, 2.24) is 15.5 Å². The molecule has 2 saturated carbocycles. The zero-order valence-corrected chi connectivity index (χ0v) is 18.5. The zero-order chi connectivity index (χ0) is 22.1. The lowest BCUT2D eigenvalue weighted by Gasteiger charge is -2.39. The average molecular weight is 429 g/mol. The molecule has 0 radical (unpaired) electrons. The summed E-state index contributed by atoms with van der Waals surface area (Å²) < 4.78 is 11.3. The third-order valence-corrected chi connectivity index (χ3v) is 6.64. The van der Waals surface area contributed by atoms with E-state index in [2.05, 4.69) is 46.9 Å². The molecule has 2 aliphatic carbocycles. The molecular formula is C26H28N4O2. The van der Waals surface area contributed by atoms with Crippen LogP contribution in [0.5, 0.6) is 5.75 Å². The van der Waals surface area contributed by atoms with Crippen LogP contribution in [0, 0.1) is 11.3 Å². The minimum atomic E-state index is -0.0651. The van der Waals surface area contributed by atoms with Crippen molar-refractivity contribution < 1.29 is 9.26 Å². The standard InChI is InChI=1S/C26H28N4O2/c1-17(2)31-23-10-9-19(13-20(23)15-27)24-29-25(30-32-24)26(11-6-12-26)16-28-22-14-21(22)18-7-4-3-5-8-18/h3-5,7-10,13,17,21-22,28H,6,11-12,14,16H2,1-2H3/t21?,22-/m0/s1. The number of hydrogen-bond acceptors (Lipinski definition) is 6. The van der Waals surface area contributed by atoms with Gasteiger partial charge in [-0.15, -0.1) is 0 Å². The molecule has 2 atom stereocenters. The van der Waals surface area contributed by atoms with Crippen LogP contribution in [0.4, 0.5) is 0 Å². The quantitative estimate of drug-likeness (QED) is 0.546. The van der Waals surface area contributed by atoms with E-state index in [0.29, 0.717) is 29.2 Å². The van der Waals surface area contributed by atoms with Gasteiger partial charge in [-0.05, 0) is 56.9 Å². The molecule has 1 unspecified atom stereocenters. The SMILES string of the molecule is CC(C)Oc1ccc(-c2nc(C3(CN[C@H]4CC4c4ccccc4)CCC3)no2)cc1C#N. The van der Waals surface area contributed by atoms with Gasteiger partial charge in [0.05, 0.1) is 11.7 Å². The Labute approximate surface area is 188 Å². The van der Waals surface area contributed by atoms with Crippen LogP contribution in [0.3, 0.4) is 0 Å². The summed E-state index contributed by atoms with van der Waals surface area (Å²) in [5.41, 5.74) is 2.55. The summed E-state index contributed by atoms with van der Waals surface area (Å²) in [6, 6.07) is 18.9. The molecule has 1 heterocycles. The van der Waals surface area contributed by atoms with Crippen LogP contribution in [-0.2, 0) is 5.41 Å². The van der Waals surface area contributed by atoms with E-state index < -0.39 is 0 Å². The van der Waals surface area contributed by atoms with Crippen LogP contribution in [-0.4, -0.2) is 28.8 Å². The highest BCUT2D eigenvalue weighted by Gasteiger charge is 2.46. The van der Waals surface area contributed by atoms with E-state index in [4.69, 9.17) is 14.2 Å². The number of nitriles is 1. The fourth-order valence-corrected chi connectivity index (χ4v) is 4.56. The summed E-state index contributed by atoms with van der Waals surface area (Å²) in [4.78, 5) is 4.75. The van der Waals surface area contributed by atoms with Gasteiger partial charge >= 0.3 is 0 Å². The Morgan fingerprint density at radius 1 is 1.22 bits per heavy atom. The Bertz CT molecular complexity index is 1130. The monoisotopic (exact) mass is 428 g/mol. The van der Waals surface area contributed by atoms with Crippen molar-refractivity contribution in [2.75, 3.05) is 6.54 Å². The Morgan fingerprint density at radius 2 is 2.03 bits per heavy atom. The van der Waals surface area contributed by atoms with Gasteiger partial charge in [0.25, 0.3) is 5.89 Å². The molecule has 5 rings (SSSR count). The number of ether oxygens (including phenoxy) is 1. The highest BCUT2D eigenvalue weighted by atomic mass is 16.5. The molecule has 0 aliphatic heterocycles. The van der Waals surface area contributed by atoms with Gasteiger partial charge in [-0.3, -0.25) is 0 Å². The summed E-state index contributed by atoms with van der Waals surface area (Å²) in [5.74, 6) is 2.39. The van der Waals surface area contributed by atoms with Crippen molar-refractivity contribution in [3.8, 4) is 23.3 Å². The molecule has 32 heavy (non-hydrogen) atoms. The Morgan fingerprint density at radius 3 is 2.72 bits per heavy atom. The highest BCUT2D eigenvalue weighted by molar-refractivity contribution is 5.60. The molecular weight excluding hydrogens is 400 g/mol. The number of nitrogens with one attached hydrogen (secondary N) is 1. The normalized spacial score (nSPS) is 21.1. The van der Waals surface area contributed by atoms with Crippen molar-refractivity contribution in [1.29, 1.82) is 5.26 Å². The van der Waals surface area contributed by atoms with Gasteiger partial charge in [0.2, 0.25) is 0 Å². The lowest BCUT2D eigenvalue weighted by Crippen LogP contribution is -2.45. The van der Waals surface area contributed by atoms with Crippen LogP contribution in [0.1, 0.15) is 62.4 Å². The smallest absolute Gasteiger partial charge is 0.257 e. The molecule has 0 saturated heterocycles. The lowest BCUT2D eigenvalue weighted by molar-refractivity contribution is 0.211. The third kappa shape index (κ3) is 4.01. The summed E-state index contributed by atoms with van der Waals surface area (Å²) in [6.07, 6.45) is 4.48. The molecule has 164 valence electrons. The maximum atomic E-state index is 9.51. The number of rotatable bonds is 8. The molecule has 1 aromatic heterocycles. The fraction of sp³-hybridized carbons (Fsp3) is 0.423. The third-order valence-electron chi connectivity index (χ3n) is 6.64. The van der Waals surface area contributed by atoms with Gasteiger partial charge in [-0.1, -0.05) is 41.9 Å². The van der Waals surface area contributed by atoms with E-state index in [-0.39, 0.29) is 11.5 Å². The zero-order valence-electron chi connectivity index (χ0n) is 18.5. The van der Waals surface area contributed by atoms with Crippen LogP contribution < -0.4 is 10.1 Å². The minimum absolute atomic E-state index is 0.00175. The summed E-state index contributed by atoms with van der Waals surface area (Å²) >= 11 is 0. The van der Waals surface area contributed by atoms with Crippen molar-refractivity contribution in [3.05, 3.63) is 65.5 Å². The van der Waals surface area contributed by atoms with E-state index >= 15 is 0 Å². The second-order valence-electron chi connectivity index (χ2n) is 9.29. The molecule has 0 amide bonds. The molecule has 6 heteroatoms. The Kier molecular flexibility index (Phi) is 5.44. The predicted octanol–water partition coefficient (Wildman–Crippen LogP) is 4.96. The first kappa shape index (κ1) is 20.7. The van der Waals surface area contributed by atoms with Gasteiger partial charge in [0.15, 0.2) is 5.82 Å². The van der Waals surface area contributed by atoms with Gasteiger partial charge in [0, 0.05) is 29.5 Å². The van der Waals surface area contributed by atoms with Crippen molar-refractivity contribution >= 4 is 0 Å². The van der Waals surface area contributed by atoms with Crippen LogP contribution in [0.25, 0.3) is 11.5 Å². The molecule has 6 nitrogen and oxygen atoms in total. The molecule has 0 bridgehead atoms. The van der Waals surface area contributed by atoms with Crippen molar-refractivity contribution in [3.63, 3.8) is 0 Å². The number of aromatic nitrogens is 2.